The van der Waals surface area contributed by atoms with E-state index in [1.54, 1.807) is 0 Å². The van der Waals surface area contributed by atoms with Crippen LogP contribution in [0.5, 0.6) is 0 Å². The molecule has 0 spiro atoms. The molecule has 0 amide bonds. The summed E-state index contributed by atoms with van der Waals surface area (Å²) in [6.45, 7) is 2.01. The zero-order chi connectivity index (χ0) is 10.8. The summed E-state index contributed by atoms with van der Waals surface area (Å²) < 4.78 is 0. The number of Topliss-reactive ketones (excluding diaryl/α,β-unsaturated/α-hetero) is 1. The highest BCUT2D eigenvalue weighted by Crippen LogP contribution is 2.27. The van der Waals surface area contributed by atoms with Gasteiger partial charge in [0.15, 0.2) is 5.78 Å². The third-order valence-electron chi connectivity index (χ3n) is 3.21. The minimum atomic E-state index is 0.0480. The van der Waals surface area contributed by atoms with E-state index in [1.807, 2.05) is 31.2 Å². The van der Waals surface area contributed by atoms with Crippen molar-refractivity contribution in [2.24, 2.45) is 11.7 Å². The Kier molecular flexibility index (Phi) is 2.87. The average molecular weight is 203 g/mol. The van der Waals surface area contributed by atoms with Crippen LogP contribution in [0.3, 0.4) is 0 Å². The normalized spacial score (nSPS) is 25.5. The van der Waals surface area contributed by atoms with Crippen molar-refractivity contribution in [2.45, 2.75) is 32.2 Å². The molecular formula is C13H17NO. The molecule has 15 heavy (non-hydrogen) atoms. The van der Waals surface area contributed by atoms with E-state index in [0.29, 0.717) is 0 Å². The van der Waals surface area contributed by atoms with Gasteiger partial charge in [0, 0.05) is 17.5 Å². The first kappa shape index (κ1) is 10.4. The van der Waals surface area contributed by atoms with Gasteiger partial charge < -0.3 is 5.73 Å². The second kappa shape index (κ2) is 4.15. The molecule has 1 aromatic carbocycles. The predicted octanol–water partition coefficient (Wildman–Crippen LogP) is 2.31. The number of hydrogen-bond acceptors (Lipinski definition) is 2. The second-order valence-corrected chi connectivity index (χ2v) is 4.43. The molecule has 0 heterocycles. The molecule has 2 rings (SSSR count). The van der Waals surface area contributed by atoms with Crippen molar-refractivity contribution in [3.63, 3.8) is 0 Å². The number of hydrogen-bond donors (Lipinski definition) is 1. The zero-order valence-electron chi connectivity index (χ0n) is 9.07. The highest BCUT2D eigenvalue weighted by Gasteiger charge is 2.30. The maximum absolute atomic E-state index is 12.1. The van der Waals surface area contributed by atoms with Crippen LogP contribution in [0.4, 0.5) is 0 Å². The largest absolute Gasteiger partial charge is 0.327 e. The van der Waals surface area contributed by atoms with Gasteiger partial charge in [0.1, 0.15) is 0 Å². The van der Waals surface area contributed by atoms with E-state index in [2.05, 4.69) is 0 Å². The zero-order valence-corrected chi connectivity index (χ0v) is 9.07. The van der Waals surface area contributed by atoms with Gasteiger partial charge in [-0.3, -0.25) is 4.79 Å². The van der Waals surface area contributed by atoms with Gasteiger partial charge in [-0.15, -0.1) is 0 Å². The third kappa shape index (κ3) is 2.10. The van der Waals surface area contributed by atoms with Gasteiger partial charge in [-0.2, -0.15) is 0 Å². The van der Waals surface area contributed by atoms with Gasteiger partial charge in [0.05, 0.1) is 0 Å². The molecule has 0 radical (unpaired) electrons. The fraction of sp³-hybridized carbons (Fsp3) is 0.462. The Morgan fingerprint density at radius 1 is 1.40 bits per heavy atom. The van der Waals surface area contributed by atoms with E-state index >= 15 is 0 Å². The third-order valence-corrected chi connectivity index (χ3v) is 3.21. The summed E-state index contributed by atoms with van der Waals surface area (Å²) >= 11 is 0. The van der Waals surface area contributed by atoms with Crippen LogP contribution in [0.25, 0.3) is 0 Å². The van der Waals surface area contributed by atoms with Crippen LogP contribution in [-0.4, -0.2) is 11.8 Å². The first-order valence-electron chi connectivity index (χ1n) is 5.55. The Bertz CT molecular complexity index is 373. The lowest BCUT2D eigenvalue weighted by Crippen LogP contribution is -2.30. The fourth-order valence-electron chi connectivity index (χ4n) is 2.33. The molecule has 1 aliphatic rings. The maximum atomic E-state index is 12.1. The lowest BCUT2D eigenvalue weighted by Gasteiger charge is -2.14. The monoisotopic (exact) mass is 203 g/mol. The molecule has 0 aliphatic heterocycles. The predicted molar refractivity (Wildman–Crippen MR) is 60.8 cm³/mol. The molecule has 0 aromatic heterocycles. The van der Waals surface area contributed by atoms with Crippen LogP contribution < -0.4 is 5.73 Å². The van der Waals surface area contributed by atoms with Crippen molar-refractivity contribution in [1.29, 1.82) is 0 Å². The summed E-state index contributed by atoms with van der Waals surface area (Å²) in [5.41, 5.74) is 7.88. The molecule has 2 unspecified atom stereocenters. The molecule has 2 N–H and O–H groups in total. The van der Waals surface area contributed by atoms with Crippen molar-refractivity contribution >= 4 is 5.78 Å². The number of ketones is 1. The van der Waals surface area contributed by atoms with E-state index < -0.39 is 0 Å². The topological polar surface area (TPSA) is 43.1 Å². The number of nitrogens with two attached hydrogens (primary N) is 1. The second-order valence-electron chi connectivity index (χ2n) is 4.43. The molecule has 1 saturated carbocycles. The number of benzene rings is 1. The van der Waals surface area contributed by atoms with Gasteiger partial charge in [-0.25, -0.2) is 0 Å². The van der Waals surface area contributed by atoms with Crippen molar-refractivity contribution in [3.05, 3.63) is 35.4 Å². The van der Waals surface area contributed by atoms with Crippen molar-refractivity contribution < 1.29 is 4.79 Å². The molecule has 1 aromatic rings. The first-order chi connectivity index (χ1) is 7.18. The van der Waals surface area contributed by atoms with E-state index in [0.717, 1.165) is 30.4 Å². The average Bonchev–Trinajstić information content (AvgIpc) is 2.63. The minimum Gasteiger partial charge on any atom is -0.327 e. The highest BCUT2D eigenvalue weighted by atomic mass is 16.1. The van der Waals surface area contributed by atoms with E-state index in [4.69, 9.17) is 5.73 Å². The van der Waals surface area contributed by atoms with Crippen molar-refractivity contribution in [3.8, 4) is 0 Å². The van der Waals surface area contributed by atoms with Crippen LogP contribution in [0, 0.1) is 12.8 Å². The smallest absolute Gasteiger partial charge is 0.167 e. The quantitative estimate of drug-likeness (QED) is 0.749. The summed E-state index contributed by atoms with van der Waals surface area (Å²) in [4.78, 5) is 12.1. The van der Waals surface area contributed by atoms with Crippen LogP contribution in [0.2, 0.25) is 0 Å². The van der Waals surface area contributed by atoms with Gasteiger partial charge in [0.25, 0.3) is 0 Å². The lowest BCUT2D eigenvalue weighted by atomic mass is 9.93. The molecule has 2 heteroatoms. The molecular weight excluding hydrogens is 186 g/mol. The fourth-order valence-corrected chi connectivity index (χ4v) is 2.33. The minimum absolute atomic E-state index is 0.0480. The van der Waals surface area contributed by atoms with Crippen LogP contribution >= 0.6 is 0 Å². The van der Waals surface area contributed by atoms with E-state index in [1.165, 1.54) is 0 Å². The summed E-state index contributed by atoms with van der Waals surface area (Å²) in [5, 5.41) is 0. The molecule has 1 fully saturated rings. The highest BCUT2D eigenvalue weighted by molar-refractivity contribution is 5.98. The van der Waals surface area contributed by atoms with Crippen LogP contribution in [-0.2, 0) is 0 Å². The standard InChI is InChI=1S/C13H17NO/c1-9-4-2-5-10(8-9)13(15)11-6-3-7-12(11)14/h2,4-5,8,11-12H,3,6-7,14H2,1H3. The SMILES string of the molecule is Cc1cccc(C(=O)C2CCCC2N)c1. The Labute approximate surface area is 90.5 Å². The van der Waals surface area contributed by atoms with Crippen LogP contribution in [0.1, 0.15) is 35.2 Å². The van der Waals surface area contributed by atoms with Gasteiger partial charge in [0.2, 0.25) is 0 Å². The molecule has 2 nitrogen and oxygen atoms in total. The summed E-state index contributed by atoms with van der Waals surface area (Å²) in [6.07, 6.45) is 3.03. The number of rotatable bonds is 2. The first-order valence-corrected chi connectivity index (χ1v) is 5.55. The van der Waals surface area contributed by atoms with E-state index in [-0.39, 0.29) is 17.7 Å². The summed E-state index contributed by atoms with van der Waals surface area (Å²) in [5.74, 6) is 0.274. The molecule has 2 atom stereocenters. The van der Waals surface area contributed by atoms with E-state index in [9.17, 15) is 4.79 Å². The van der Waals surface area contributed by atoms with Crippen molar-refractivity contribution in [1.82, 2.24) is 0 Å². The van der Waals surface area contributed by atoms with Gasteiger partial charge in [-0.1, -0.05) is 30.2 Å². The number of carbonyl (C=O) groups is 1. The number of carbonyl (C=O) groups excluding carboxylic acids is 1. The van der Waals surface area contributed by atoms with Crippen molar-refractivity contribution in [2.75, 3.05) is 0 Å². The Balaban J connectivity index is 2.20. The van der Waals surface area contributed by atoms with Crippen LogP contribution in [0.15, 0.2) is 24.3 Å². The van der Waals surface area contributed by atoms with Gasteiger partial charge >= 0.3 is 0 Å². The number of aryl methyl sites for hydroxylation is 1. The molecule has 0 saturated heterocycles. The maximum Gasteiger partial charge on any atom is 0.167 e. The Morgan fingerprint density at radius 3 is 2.80 bits per heavy atom. The molecule has 1 aliphatic carbocycles. The Morgan fingerprint density at radius 2 is 2.20 bits per heavy atom. The molecule has 0 bridgehead atoms. The summed E-state index contributed by atoms with van der Waals surface area (Å²) in [6, 6.07) is 7.85. The Hall–Kier alpha value is -1.15. The molecule has 80 valence electrons. The summed E-state index contributed by atoms with van der Waals surface area (Å²) in [7, 11) is 0. The van der Waals surface area contributed by atoms with Gasteiger partial charge in [-0.05, 0) is 25.8 Å². The lowest BCUT2D eigenvalue weighted by molar-refractivity contribution is 0.0913.